The van der Waals surface area contributed by atoms with Crippen LogP contribution in [-0.2, 0) is 54.0 Å². The summed E-state index contributed by atoms with van der Waals surface area (Å²) in [4.78, 5) is 61.8. The van der Waals surface area contributed by atoms with Crippen LogP contribution in [0, 0.1) is 0 Å². The van der Waals surface area contributed by atoms with Crippen LogP contribution in [0.5, 0.6) is 0 Å². The molecule has 1 aliphatic rings. The van der Waals surface area contributed by atoms with Crippen LogP contribution in [0.1, 0.15) is 49.8 Å². The van der Waals surface area contributed by atoms with E-state index in [1.165, 1.54) is 11.1 Å². The predicted molar refractivity (Wildman–Crippen MR) is 215 cm³/mol. The van der Waals surface area contributed by atoms with E-state index in [0.29, 0.717) is 46.2 Å². The molecule has 0 saturated heterocycles. The van der Waals surface area contributed by atoms with Crippen molar-refractivity contribution in [3.8, 4) is 11.1 Å². The second-order valence-electron chi connectivity index (χ2n) is 14.3. The van der Waals surface area contributed by atoms with Crippen LogP contribution < -0.4 is 21.3 Å². The van der Waals surface area contributed by atoms with Gasteiger partial charge in [-0.1, -0.05) is 78.9 Å². The van der Waals surface area contributed by atoms with Gasteiger partial charge in [-0.2, -0.15) is 0 Å². The van der Waals surface area contributed by atoms with E-state index < -0.39 is 41.4 Å². The van der Waals surface area contributed by atoms with Gasteiger partial charge in [-0.25, -0.2) is 9.59 Å². The van der Waals surface area contributed by atoms with Crippen molar-refractivity contribution in [3.63, 3.8) is 0 Å². The maximum Gasteiger partial charge on any atom is 0.407 e. The Balaban J connectivity index is 0.921. The van der Waals surface area contributed by atoms with E-state index in [9.17, 15) is 24.0 Å². The summed E-state index contributed by atoms with van der Waals surface area (Å²) in [5.41, 5.74) is 4.77. The Morgan fingerprint density at radius 3 is 1.72 bits per heavy atom. The number of hydrogen-bond acceptors (Lipinski definition) is 11. The molecule has 15 nitrogen and oxygen atoms in total. The third-order valence-corrected chi connectivity index (χ3v) is 8.65. The Hall–Kier alpha value is -5.35. The van der Waals surface area contributed by atoms with Crippen LogP contribution >= 0.6 is 0 Å². The SMILES string of the molecule is CC(C)(C)OC(=O)[C@H](Cc1ccccc1)NC(=O)CNC(=O)CNC(=O)CCOCCOCCOCCOCCNC(=O)OCC1c2ccccc2-c2ccccc21. The maximum atomic E-state index is 12.7. The minimum Gasteiger partial charge on any atom is -0.458 e. The highest BCUT2D eigenvalue weighted by atomic mass is 16.6. The molecular weight excluding hydrogens is 748 g/mol. The summed E-state index contributed by atoms with van der Waals surface area (Å²) >= 11 is 0. The molecule has 4 amide bonds. The number of nitrogens with one attached hydrogen (secondary N) is 4. The molecule has 0 saturated carbocycles. The third-order valence-electron chi connectivity index (χ3n) is 8.65. The van der Waals surface area contributed by atoms with Crippen molar-refractivity contribution in [2.24, 2.45) is 0 Å². The van der Waals surface area contributed by atoms with E-state index in [2.05, 4.69) is 45.5 Å². The topological polar surface area (TPSA) is 189 Å². The van der Waals surface area contributed by atoms with Gasteiger partial charge in [-0.15, -0.1) is 0 Å². The zero-order valence-electron chi connectivity index (χ0n) is 33.6. The number of ether oxygens (including phenoxy) is 6. The van der Waals surface area contributed by atoms with Gasteiger partial charge in [0, 0.05) is 25.3 Å². The van der Waals surface area contributed by atoms with Crippen LogP contribution in [0.4, 0.5) is 4.79 Å². The first kappa shape index (κ1) is 45.4. The number of amides is 4. The summed E-state index contributed by atoms with van der Waals surface area (Å²) < 4.78 is 32.8. The molecule has 0 unspecified atom stereocenters. The molecule has 15 heteroatoms. The van der Waals surface area contributed by atoms with Crippen LogP contribution in [0.2, 0.25) is 0 Å². The lowest BCUT2D eigenvalue weighted by molar-refractivity contribution is -0.158. The molecule has 3 aromatic carbocycles. The lowest BCUT2D eigenvalue weighted by Gasteiger charge is -2.24. The smallest absolute Gasteiger partial charge is 0.407 e. The van der Waals surface area contributed by atoms with Crippen molar-refractivity contribution in [1.29, 1.82) is 0 Å². The number of carbonyl (C=O) groups is 5. The summed E-state index contributed by atoms with van der Waals surface area (Å²) in [6.45, 7) is 7.58. The molecule has 4 rings (SSSR count). The van der Waals surface area contributed by atoms with Crippen LogP contribution in [0.15, 0.2) is 78.9 Å². The van der Waals surface area contributed by atoms with Crippen LogP contribution in [0.25, 0.3) is 11.1 Å². The second-order valence-corrected chi connectivity index (χ2v) is 14.3. The van der Waals surface area contributed by atoms with E-state index in [1.807, 2.05) is 54.6 Å². The van der Waals surface area contributed by atoms with Crippen molar-refractivity contribution >= 4 is 29.8 Å². The highest BCUT2D eigenvalue weighted by Gasteiger charge is 2.29. The van der Waals surface area contributed by atoms with E-state index in [-0.39, 0.29) is 51.7 Å². The molecule has 0 spiro atoms. The summed E-state index contributed by atoms with van der Waals surface area (Å²) in [5.74, 6) is -2.10. The molecule has 0 bridgehead atoms. The second kappa shape index (κ2) is 24.4. The quantitative estimate of drug-likeness (QED) is 0.0727. The fourth-order valence-corrected chi connectivity index (χ4v) is 5.97. The third kappa shape index (κ3) is 16.6. The van der Waals surface area contributed by atoms with Crippen molar-refractivity contribution in [1.82, 2.24) is 21.3 Å². The number of carbonyl (C=O) groups excluding carboxylic acids is 5. The maximum absolute atomic E-state index is 12.7. The first-order chi connectivity index (χ1) is 28.0. The summed E-state index contributed by atoms with van der Waals surface area (Å²) in [6, 6.07) is 24.6. The molecular formula is C43H56N4O11. The zero-order chi connectivity index (χ0) is 41.6. The normalized spacial score (nSPS) is 12.5. The largest absolute Gasteiger partial charge is 0.458 e. The number of esters is 1. The van der Waals surface area contributed by atoms with Gasteiger partial charge >= 0.3 is 12.1 Å². The molecule has 0 heterocycles. The Labute approximate surface area is 339 Å². The molecule has 3 aromatic rings. The molecule has 1 aliphatic carbocycles. The molecule has 0 fully saturated rings. The van der Waals surface area contributed by atoms with Gasteiger partial charge in [-0.3, -0.25) is 14.4 Å². The molecule has 0 radical (unpaired) electrons. The number of hydrogen-bond donors (Lipinski definition) is 4. The van der Waals surface area contributed by atoms with Crippen LogP contribution in [-0.4, -0.2) is 121 Å². The number of benzene rings is 3. The van der Waals surface area contributed by atoms with E-state index in [1.54, 1.807) is 20.8 Å². The van der Waals surface area contributed by atoms with Gasteiger partial charge in [-0.05, 0) is 48.6 Å². The number of alkyl carbamates (subject to hydrolysis) is 1. The van der Waals surface area contributed by atoms with Gasteiger partial charge in [0.15, 0.2) is 0 Å². The average molecular weight is 805 g/mol. The molecule has 4 N–H and O–H groups in total. The van der Waals surface area contributed by atoms with Crippen LogP contribution in [0.3, 0.4) is 0 Å². The Kier molecular flexibility index (Phi) is 19.1. The van der Waals surface area contributed by atoms with E-state index in [4.69, 9.17) is 28.4 Å². The summed E-state index contributed by atoms with van der Waals surface area (Å²) in [6.07, 6.45) is -0.227. The van der Waals surface area contributed by atoms with Crippen molar-refractivity contribution in [2.75, 3.05) is 79.1 Å². The van der Waals surface area contributed by atoms with Gasteiger partial charge in [0.1, 0.15) is 18.2 Å². The van der Waals surface area contributed by atoms with Gasteiger partial charge in [0.25, 0.3) is 0 Å². The highest BCUT2D eigenvalue weighted by molar-refractivity contribution is 5.90. The Morgan fingerprint density at radius 1 is 0.603 bits per heavy atom. The van der Waals surface area contributed by atoms with Crippen molar-refractivity contribution < 1.29 is 52.4 Å². The van der Waals surface area contributed by atoms with E-state index >= 15 is 0 Å². The standard InChI is InChI=1S/C43H56N4O11/c1-43(2,3)58-41(51)37(27-31-11-5-4-6-12-31)47-40(50)29-46-39(49)28-45-38(48)17-19-53-21-23-55-25-26-56-24-22-54-20-18-44-42(52)57-30-36-34-15-9-7-13-32(34)33-14-8-10-16-35(33)36/h4-16,36-37H,17-30H2,1-3H3,(H,44,52)(H,45,48)(H,46,49)(H,47,50)/t37-/m0/s1. The monoisotopic (exact) mass is 804 g/mol. The van der Waals surface area contributed by atoms with Crippen molar-refractivity contribution in [2.45, 2.75) is 51.2 Å². The predicted octanol–water partition coefficient (Wildman–Crippen LogP) is 3.28. The average Bonchev–Trinajstić information content (AvgIpc) is 3.52. The lowest BCUT2D eigenvalue weighted by atomic mass is 9.98. The number of fused-ring (bicyclic) bond motifs is 3. The lowest BCUT2D eigenvalue weighted by Crippen LogP contribution is -2.49. The fourth-order valence-electron chi connectivity index (χ4n) is 5.97. The molecule has 0 aliphatic heterocycles. The van der Waals surface area contributed by atoms with Gasteiger partial charge in [0.05, 0.1) is 65.9 Å². The van der Waals surface area contributed by atoms with Gasteiger partial charge in [0.2, 0.25) is 17.7 Å². The first-order valence-corrected chi connectivity index (χ1v) is 19.5. The number of rotatable bonds is 25. The zero-order valence-corrected chi connectivity index (χ0v) is 33.6. The molecule has 314 valence electrons. The molecule has 0 aromatic heterocycles. The van der Waals surface area contributed by atoms with Crippen molar-refractivity contribution in [3.05, 3.63) is 95.6 Å². The Bertz CT molecular complexity index is 1720. The molecule has 58 heavy (non-hydrogen) atoms. The minimum absolute atomic E-state index is 0.00716. The summed E-state index contributed by atoms with van der Waals surface area (Å²) in [7, 11) is 0. The minimum atomic E-state index is -0.942. The Morgan fingerprint density at radius 2 is 1.12 bits per heavy atom. The fraction of sp³-hybridized carbons (Fsp3) is 0.465. The summed E-state index contributed by atoms with van der Waals surface area (Å²) in [5, 5.41) is 10.3. The van der Waals surface area contributed by atoms with E-state index in [0.717, 1.165) is 16.7 Å². The highest BCUT2D eigenvalue weighted by Crippen LogP contribution is 2.44. The molecule has 1 atom stereocenters. The van der Waals surface area contributed by atoms with Gasteiger partial charge < -0.3 is 49.7 Å². The first-order valence-electron chi connectivity index (χ1n) is 19.5.